The number of rotatable bonds is 8. The Morgan fingerprint density at radius 1 is 1.00 bits per heavy atom. The van der Waals surface area contributed by atoms with Gasteiger partial charge in [0.15, 0.2) is 0 Å². The van der Waals surface area contributed by atoms with Crippen molar-refractivity contribution >= 4 is 17.4 Å². The topological polar surface area (TPSA) is 90.3 Å². The molecule has 0 unspecified atom stereocenters. The standard InChI is InChI=1S/C29H30N2O5/c1-19-5-4-6-20(17-19)18-36-24-13-9-22(10-14-24)27(33)25-26(21-7-11-23(32)12-8-21)31(16-15-30(2)3)29(35)28(25)34/h4-14,17,26,32-33H,15-16,18H2,1-3H3/b27-25+/t26-/m1/s1. The molecule has 7 nitrogen and oxygen atoms in total. The van der Waals surface area contributed by atoms with Crippen LogP contribution in [0.5, 0.6) is 11.5 Å². The van der Waals surface area contributed by atoms with Gasteiger partial charge in [-0.05, 0) is 68.5 Å². The van der Waals surface area contributed by atoms with Gasteiger partial charge in [0.1, 0.15) is 23.9 Å². The normalized spacial score (nSPS) is 17.1. The van der Waals surface area contributed by atoms with Gasteiger partial charge in [0, 0.05) is 18.7 Å². The maximum Gasteiger partial charge on any atom is 0.295 e. The van der Waals surface area contributed by atoms with Gasteiger partial charge in [-0.1, -0.05) is 42.0 Å². The molecule has 1 heterocycles. The van der Waals surface area contributed by atoms with Crippen LogP contribution in [0.3, 0.4) is 0 Å². The number of hydrogen-bond acceptors (Lipinski definition) is 6. The predicted octanol–water partition coefficient (Wildman–Crippen LogP) is 4.26. The van der Waals surface area contributed by atoms with Crippen molar-refractivity contribution in [1.29, 1.82) is 0 Å². The highest BCUT2D eigenvalue weighted by Crippen LogP contribution is 2.39. The molecule has 7 heteroatoms. The molecule has 3 aromatic carbocycles. The number of phenols is 1. The second kappa shape index (κ2) is 10.7. The third-order valence-corrected chi connectivity index (χ3v) is 6.15. The molecule has 0 saturated carbocycles. The Morgan fingerprint density at radius 3 is 2.33 bits per heavy atom. The van der Waals surface area contributed by atoms with E-state index in [0.717, 1.165) is 11.1 Å². The minimum atomic E-state index is -0.761. The number of likely N-dealkylation sites (tertiary alicyclic amines) is 1. The summed E-state index contributed by atoms with van der Waals surface area (Å²) in [6.45, 7) is 3.29. The Hall–Kier alpha value is -4.10. The Balaban J connectivity index is 1.64. The fourth-order valence-electron chi connectivity index (χ4n) is 4.25. The number of amides is 1. The number of aromatic hydroxyl groups is 1. The average Bonchev–Trinajstić information content (AvgIpc) is 3.11. The number of aliphatic hydroxyl groups excluding tert-OH is 1. The molecule has 186 valence electrons. The molecule has 1 amide bonds. The number of nitrogens with zero attached hydrogens (tertiary/aromatic N) is 2. The molecule has 4 rings (SSSR count). The van der Waals surface area contributed by atoms with Crippen LogP contribution in [0.25, 0.3) is 5.76 Å². The fourth-order valence-corrected chi connectivity index (χ4v) is 4.25. The molecule has 36 heavy (non-hydrogen) atoms. The monoisotopic (exact) mass is 486 g/mol. The first-order chi connectivity index (χ1) is 17.2. The summed E-state index contributed by atoms with van der Waals surface area (Å²) >= 11 is 0. The summed E-state index contributed by atoms with van der Waals surface area (Å²) in [5, 5.41) is 20.9. The molecule has 3 aromatic rings. The van der Waals surface area contributed by atoms with Crippen LogP contribution in [0.2, 0.25) is 0 Å². The third-order valence-electron chi connectivity index (χ3n) is 6.15. The highest BCUT2D eigenvalue weighted by molar-refractivity contribution is 6.46. The van der Waals surface area contributed by atoms with Crippen LogP contribution < -0.4 is 4.74 Å². The smallest absolute Gasteiger partial charge is 0.295 e. The van der Waals surface area contributed by atoms with Crippen molar-refractivity contribution in [1.82, 2.24) is 9.80 Å². The van der Waals surface area contributed by atoms with Crippen LogP contribution in [0.1, 0.15) is 28.3 Å². The van der Waals surface area contributed by atoms with Crippen LogP contribution in [0, 0.1) is 6.92 Å². The molecule has 2 N–H and O–H groups in total. The first kappa shape index (κ1) is 25.0. The summed E-state index contributed by atoms with van der Waals surface area (Å²) < 4.78 is 5.86. The van der Waals surface area contributed by atoms with Gasteiger partial charge in [0.05, 0.1) is 11.6 Å². The molecule has 1 fully saturated rings. The molecule has 1 aliphatic heterocycles. The average molecular weight is 487 g/mol. The number of ketones is 1. The van der Waals surface area contributed by atoms with Crippen molar-refractivity contribution < 1.29 is 24.5 Å². The molecule has 0 aliphatic carbocycles. The van der Waals surface area contributed by atoms with E-state index in [2.05, 4.69) is 6.07 Å². The van der Waals surface area contributed by atoms with E-state index in [-0.39, 0.29) is 17.1 Å². The summed E-state index contributed by atoms with van der Waals surface area (Å²) in [7, 11) is 3.77. The summed E-state index contributed by atoms with van der Waals surface area (Å²) in [6, 6.07) is 20.4. The summed E-state index contributed by atoms with van der Waals surface area (Å²) in [5.74, 6) is -0.942. The van der Waals surface area contributed by atoms with Gasteiger partial charge in [-0.3, -0.25) is 9.59 Å². The zero-order valence-corrected chi connectivity index (χ0v) is 20.6. The number of carbonyl (C=O) groups is 2. The third kappa shape index (κ3) is 5.42. The lowest BCUT2D eigenvalue weighted by molar-refractivity contribution is -0.140. The first-order valence-electron chi connectivity index (χ1n) is 11.8. The van der Waals surface area contributed by atoms with Crippen LogP contribution in [-0.4, -0.2) is 58.9 Å². The van der Waals surface area contributed by atoms with Gasteiger partial charge in [0.2, 0.25) is 0 Å². The van der Waals surface area contributed by atoms with Crippen LogP contribution in [0.4, 0.5) is 0 Å². The van der Waals surface area contributed by atoms with Gasteiger partial charge in [-0.25, -0.2) is 0 Å². The maximum atomic E-state index is 13.1. The number of Topliss-reactive ketones (excluding diaryl/α,β-unsaturated/α-hetero) is 1. The lowest BCUT2D eigenvalue weighted by atomic mass is 9.95. The van der Waals surface area contributed by atoms with Gasteiger partial charge in [-0.2, -0.15) is 0 Å². The van der Waals surface area contributed by atoms with E-state index in [1.807, 2.05) is 44.1 Å². The van der Waals surface area contributed by atoms with E-state index in [4.69, 9.17) is 4.74 Å². The Labute approximate surface area is 210 Å². The van der Waals surface area contributed by atoms with Gasteiger partial charge < -0.3 is 24.7 Å². The van der Waals surface area contributed by atoms with Crippen molar-refractivity contribution in [2.45, 2.75) is 19.6 Å². The number of ether oxygens (including phenoxy) is 1. The molecular formula is C29H30N2O5. The molecule has 1 saturated heterocycles. The molecule has 1 atom stereocenters. The maximum absolute atomic E-state index is 13.1. The second-order valence-corrected chi connectivity index (χ2v) is 9.19. The van der Waals surface area contributed by atoms with Crippen LogP contribution in [-0.2, 0) is 16.2 Å². The van der Waals surface area contributed by atoms with Crippen molar-refractivity contribution in [3.05, 3.63) is 101 Å². The SMILES string of the molecule is Cc1cccc(COc2ccc(/C(O)=C3\C(=O)C(=O)N(CCN(C)C)[C@@H]3c3ccc(O)cc3)cc2)c1. The lowest BCUT2D eigenvalue weighted by Gasteiger charge is -2.26. The van der Waals surface area contributed by atoms with Gasteiger partial charge in [-0.15, -0.1) is 0 Å². The number of carbonyl (C=O) groups excluding carboxylic acids is 2. The fraction of sp³-hybridized carbons (Fsp3) is 0.241. The largest absolute Gasteiger partial charge is 0.508 e. The van der Waals surface area contributed by atoms with E-state index >= 15 is 0 Å². The Morgan fingerprint density at radius 2 is 1.69 bits per heavy atom. The van der Waals surface area contributed by atoms with Crippen molar-refractivity contribution in [2.24, 2.45) is 0 Å². The van der Waals surface area contributed by atoms with E-state index < -0.39 is 17.7 Å². The Bertz CT molecular complexity index is 1280. The predicted molar refractivity (Wildman–Crippen MR) is 138 cm³/mol. The first-order valence-corrected chi connectivity index (χ1v) is 11.8. The van der Waals surface area contributed by atoms with Crippen molar-refractivity contribution in [3.8, 4) is 11.5 Å². The zero-order chi connectivity index (χ0) is 25.8. The minimum absolute atomic E-state index is 0.0258. The van der Waals surface area contributed by atoms with E-state index in [9.17, 15) is 19.8 Å². The molecule has 0 radical (unpaired) electrons. The van der Waals surface area contributed by atoms with E-state index in [1.165, 1.54) is 17.0 Å². The van der Waals surface area contributed by atoms with Crippen molar-refractivity contribution in [2.75, 3.05) is 27.2 Å². The molecule has 0 aromatic heterocycles. The highest BCUT2D eigenvalue weighted by atomic mass is 16.5. The van der Waals surface area contributed by atoms with Gasteiger partial charge in [0.25, 0.3) is 11.7 Å². The number of likely N-dealkylation sites (N-methyl/N-ethyl adjacent to an activating group) is 1. The van der Waals surface area contributed by atoms with E-state index in [0.29, 0.717) is 36.6 Å². The highest BCUT2D eigenvalue weighted by Gasteiger charge is 2.45. The van der Waals surface area contributed by atoms with Crippen LogP contribution in [0.15, 0.2) is 78.4 Å². The molecule has 0 bridgehead atoms. The molecule has 0 spiro atoms. The van der Waals surface area contributed by atoms with Crippen molar-refractivity contribution in [3.63, 3.8) is 0 Å². The van der Waals surface area contributed by atoms with Gasteiger partial charge >= 0.3 is 0 Å². The van der Waals surface area contributed by atoms with E-state index in [1.54, 1.807) is 36.4 Å². The zero-order valence-electron chi connectivity index (χ0n) is 20.6. The number of aryl methyl sites for hydroxylation is 1. The number of phenolic OH excluding ortho intramolecular Hbond substituents is 1. The quantitative estimate of drug-likeness (QED) is 0.281. The number of hydrogen-bond donors (Lipinski definition) is 2. The summed E-state index contributed by atoms with van der Waals surface area (Å²) in [4.78, 5) is 29.4. The Kier molecular flexibility index (Phi) is 7.41. The minimum Gasteiger partial charge on any atom is -0.508 e. The summed E-state index contributed by atoms with van der Waals surface area (Å²) in [5.41, 5.74) is 3.27. The molecule has 1 aliphatic rings. The summed E-state index contributed by atoms with van der Waals surface area (Å²) in [6.07, 6.45) is 0. The molecular weight excluding hydrogens is 456 g/mol. The number of aliphatic hydroxyl groups is 1. The lowest BCUT2D eigenvalue weighted by Crippen LogP contribution is -2.35. The second-order valence-electron chi connectivity index (χ2n) is 9.19. The van der Waals surface area contributed by atoms with Crippen LogP contribution >= 0.6 is 0 Å². The number of benzene rings is 3.